The molecule has 0 saturated heterocycles. The van der Waals surface area contributed by atoms with Crippen LogP contribution in [0.25, 0.3) is 10.6 Å². The molecule has 0 fully saturated rings. The van der Waals surface area contributed by atoms with Crippen molar-refractivity contribution >= 4 is 31.9 Å². The van der Waals surface area contributed by atoms with Crippen LogP contribution in [0.5, 0.6) is 0 Å². The average Bonchev–Trinajstić information content (AvgIpc) is 3.00. The third-order valence-corrected chi connectivity index (χ3v) is 4.88. The monoisotopic (exact) mass is 322 g/mol. The Morgan fingerprint density at radius 1 is 1.28 bits per heavy atom. The lowest BCUT2D eigenvalue weighted by atomic mass is 10.1. The Kier molecular flexibility index (Phi) is 3.18. The third-order valence-electron chi connectivity index (χ3n) is 2.91. The van der Waals surface area contributed by atoms with E-state index in [1.54, 1.807) is 11.3 Å². The van der Waals surface area contributed by atoms with Crippen molar-refractivity contribution in [3.8, 4) is 10.6 Å². The molecule has 1 aromatic heterocycles. The van der Waals surface area contributed by atoms with E-state index >= 15 is 0 Å². The molecule has 2 heterocycles. The zero-order valence-corrected chi connectivity index (χ0v) is 12.1. The molecule has 5 heteroatoms. The molecule has 1 aromatic carbocycles. The minimum absolute atomic E-state index is 0.0191. The summed E-state index contributed by atoms with van der Waals surface area (Å²) in [6, 6.07) is 10.2. The Bertz CT molecular complexity index is 582. The Hall–Kier alpha value is -1.20. The Balaban J connectivity index is 1.87. The van der Waals surface area contributed by atoms with Crippen molar-refractivity contribution in [2.45, 2.75) is 13.0 Å². The molecular weight excluding hydrogens is 312 g/mol. The van der Waals surface area contributed by atoms with E-state index in [9.17, 15) is 0 Å². The molecule has 0 aliphatic carbocycles. The van der Waals surface area contributed by atoms with Crippen LogP contribution in [-0.2, 0) is 4.84 Å². The van der Waals surface area contributed by atoms with E-state index in [1.807, 2.05) is 24.4 Å². The van der Waals surface area contributed by atoms with Crippen LogP contribution in [-0.4, -0.2) is 9.60 Å². The first-order chi connectivity index (χ1) is 8.75. The van der Waals surface area contributed by atoms with Gasteiger partial charge in [-0.2, -0.15) is 0 Å². The molecule has 0 amide bonds. The molecule has 92 valence electrons. The summed E-state index contributed by atoms with van der Waals surface area (Å²) >= 11 is 5.06. The maximum Gasteiger partial charge on any atom is 0.171 e. The van der Waals surface area contributed by atoms with Gasteiger partial charge >= 0.3 is 0 Å². The topological polar surface area (TPSA) is 34.5 Å². The zero-order chi connectivity index (χ0) is 12.5. The number of aromatic nitrogens is 1. The maximum atomic E-state index is 5.42. The standard InChI is InChI=1S/C13H11BrN2OS/c1-8-11(17-16-12(8)14)10-7-15-13(18-10)9-5-3-2-4-6-9/h2-8,11H,1H3/t8-,11-/m0/s1. The van der Waals surface area contributed by atoms with Crippen molar-refractivity contribution in [1.82, 2.24) is 4.98 Å². The molecule has 1 aliphatic rings. The summed E-state index contributed by atoms with van der Waals surface area (Å²) in [5.41, 5.74) is 1.14. The first-order valence-electron chi connectivity index (χ1n) is 5.66. The minimum atomic E-state index is -0.0191. The Morgan fingerprint density at radius 3 is 2.72 bits per heavy atom. The van der Waals surface area contributed by atoms with E-state index in [4.69, 9.17) is 4.84 Å². The van der Waals surface area contributed by atoms with Crippen LogP contribution in [0, 0.1) is 5.92 Å². The van der Waals surface area contributed by atoms with Gasteiger partial charge in [0.2, 0.25) is 0 Å². The predicted molar refractivity (Wildman–Crippen MR) is 76.9 cm³/mol. The maximum absolute atomic E-state index is 5.42. The lowest BCUT2D eigenvalue weighted by Gasteiger charge is -2.09. The number of hydrogen-bond acceptors (Lipinski definition) is 4. The van der Waals surface area contributed by atoms with Gasteiger partial charge in [0.15, 0.2) is 6.10 Å². The number of hydrogen-bond donors (Lipinski definition) is 0. The highest BCUT2D eigenvalue weighted by atomic mass is 79.9. The number of nitrogens with zero attached hydrogens (tertiary/aromatic N) is 2. The largest absolute Gasteiger partial charge is 0.385 e. The van der Waals surface area contributed by atoms with E-state index < -0.39 is 0 Å². The van der Waals surface area contributed by atoms with Gasteiger partial charge < -0.3 is 4.84 Å². The second kappa shape index (κ2) is 4.82. The normalized spacial score (nSPS) is 22.7. The van der Waals surface area contributed by atoms with Gasteiger partial charge in [-0.1, -0.05) is 42.4 Å². The molecular formula is C13H11BrN2OS. The molecule has 1 aliphatic heterocycles. The van der Waals surface area contributed by atoms with Crippen molar-refractivity contribution < 1.29 is 4.84 Å². The lowest BCUT2D eigenvalue weighted by molar-refractivity contribution is 0.0678. The summed E-state index contributed by atoms with van der Waals surface area (Å²) in [4.78, 5) is 11.0. The molecule has 0 spiro atoms. The average molecular weight is 323 g/mol. The van der Waals surface area contributed by atoms with Crippen molar-refractivity contribution in [2.75, 3.05) is 0 Å². The van der Waals surface area contributed by atoms with E-state index in [-0.39, 0.29) is 12.0 Å². The van der Waals surface area contributed by atoms with Crippen LogP contribution in [0.4, 0.5) is 0 Å². The molecule has 3 nitrogen and oxygen atoms in total. The van der Waals surface area contributed by atoms with E-state index in [0.29, 0.717) is 0 Å². The van der Waals surface area contributed by atoms with Gasteiger partial charge in [-0.3, -0.25) is 0 Å². The van der Waals surface area contributed by atoms with Crippen LogP contribution >= 0.6 is 27.3 Å². The van der Waals surface area contributed by atoms with Gasteiger partial charge in [0.1, 0.15) is 9.63 Å². The number of benzene rings is 1. The van der Waals surface area contributed by atoms with Crippen LogP contribution < -0.4 is 0 Å². The number of oxime groups is 1. The third kappa shape index (κ3) is 2.08. The fraction of sp³-hybridized carbons (Fsp3) is 0.231. The highest BCUT2D eigenvalue weighted by Gasteiger charge is 2.32. The highest BCUT2D eigenvalue weighted by molar-refractivity contribution is 9.18. The number of thiazole rings is 1. The Labute approximate surface area is 118 Å². The summed E-state index contributed by atoms with van der Waals surface area (Å²) in [6.07, 6.45) is 1.87. The second-order valence-electron chi connectivity index (χ2n) is 4.16. The van der Waals surface area contributed by atoms with Crippen molar-refractivity contribution in [2.24, 2.45) is 11.1 Å². The van der Waals surface area contributed by atoms with Crippen molar-refractivity contribution in [3.63, 3.8) is 0 Å². The minimum Gasteiger partial charge on any atom is -0.385 e. The van der Waals surface area contributed by atoms with E-state index in [0.717, 1.165) is 20.1 Å². The molecule has 0 radical (unpaired) electrons. The van der Waals surface area contributed by atoms with E-state index in [2.05, 4.69) is 45.1 Å². The molecule has 0 bridgehead atoms. The first kappa shape index (κ1) is 11.9. The van der Waals surface area contributed by atoms with Crippen LogP contribution in [0.1, 0.15) is 17.9 Å². The summed E-state index contributed by atoms with van der Waals surface area (Å²) < 4.78 is 0.863. The molecule has 0 unspecified atom stereocenters. The summed E-state index contributed by atoms with van der Waals surface area (Å²) in [7, 11) is 0. The van der Waals surface area contributed by atoms with E-state index in [1.165, 1.54) is 0 Å². The Morgan fingerprint density at radius 2 is 2.06 bits per heavy atom. The molecule has 18 heavy (non-hydrogen) atoms. The molecule has 2 atom stereocenters. The predicted octanol–water partition coefficient (Wildman–Crippen LogP) is 4.23. The number of halogens is 1. The smallest absolute Gasteiger partial charge is 0.171 e. The first-order valence-corrected chi connectivity index (χ1v) is 7.27. The lowest BCUT2D eigenvalue weighted by Crippen LogP contribution is -2.07. The fourth-order valence-electron chi connectivity index (χ4n) is 1.84. The van der Waals surface area contributed by atoms with Crippen LogP contribution in [0.2, 0.25) is 0 Å². The second-order valence-corrected chi connectivity index (χ2v) is 6.04. The number of rotatable bonds is 2. The van der Waals surface area contributed by atoms with Crippen molar-refractivity contribution in [3.05, 3.63) is 41.4 Å². The van der Waals surface area contributed by atoms with Crippen LogP contribution in [0.15, 0.2) is 41.7 Å². The van der Waals surface area contributed by atoms with Crippen LogP contribution in [0.3, 0.4) is 0 Å². The summed E-state index contributed by atoms with van der Waals surface area (Å²) in [6.45, 7) is 2.09. The quantitative estimate of drug-likeness (QED) is 0.829. The summed E-state index contributed by atoms with van der Waals surface area (Å²) in [5.74, 6) is 0.245. The highest BCUT2D eigenvalue weighted by Crippen LogP contribution is 2.38. The van der Waals surface area contributed by atoms with Gasteiger partial charge in [-0.25, -0.2) is 4.98 Å². The van der Waals surface area contributed by atoms with Gasteiger partial charge in [-0.05, 0) is 15.9 Å². The SMILES string of the molecule is C[C@@H]1C(Br)=NO[C@@H]1c1cnc(-c2ccccc2)s1. The molecule has 3 rings (SSSR count). The van der Waals surface area contributed by atoms with Gasteiger partial charge in [0.25, 0.3) is 0 Å². The van der Waals surface area contributed by atoms with Gasteiger partial charge in [-0.15, -0.1) is 11.3 Å². The fourth-order valence-corrected chi connectivity index (χ4v) is 3.21. The van der Waals surface area contributed by atoms with Gasteiger partial charge in [0, 0.05) is 11.8 Å². The van der Waals surface area contributed by atoms with Crippen molar-refractivity contribution in [1.29, 1.82) is 0 Å². The molecule has 2 aromatic rings. The molecule has 0 saturated carbocycles. The zero-order valence-electron chi connectivity index (χ0n) is 9.71. The van der Waals surface area contributed by atoms with Gasteiger partial charge in [0.05, 0.1) is 10.8 Å². The summed E-state index contributed by atoms with van der Waals surface area (Å²) in [5, 5.41) is 4.99. The molecule has 0 N–H and O–H groups in total.